The molecule has 0 aliphatic heterocycles. The van der Waals surface area contributed by atoms with Crippen LogP contribution in [0.5, 0.6) is 0 Å². The number of benzene rings is 1. The van der Waals surface area contributed by atoms with Crippen molar-refractivity contribution in [1.29, 1.82) is 0 Å². The van der Waals surface area contributed by atoms with Crippen molar-refractivity contribution in [3.8, 4) is 0 Å². The van der Waals surface area contributed by atoms with Gasteiger partial charge in [-0.1, -0.05) is 30.3 Å². The van der Waals surface area contributed by atoms with Gasteiger partial charge in [0.1, 0.15) is 0 Å². The first-order valence-electron chi connectivity index (χ1n) is 6.30. The Morgan fingerprint density at radius 2 is 1.79 bits per heavy atom. The average Bonchev–Trinajstić information content (AvgIpc) is 2.36. The second-order valence-electron chi connectivity index (χ2n) is 4.80. The van der Waals surface area contributed by atoms with Crippen LogP contribution in [0, 0.1) is 0 Å². The third kappa shape index (κ3) is 4.71. The van der Waals surface area contributed by atoms with Gasteiger partial charge in [0.25, 0.3) is 0 Å². The smallest absolute Gasteiger partial charge is 0.237 e. The molecular weight excluding hydrogens is 242 g/mol. The lowest BCUT2D eigenvalue weighted by atomic mass is 10.0. The Labute approximate surface area is 113 Å². The standard InChI is InChI=1S/C14H21N3O2/c1-10(2)17(9-13(16)18)14(19)8-12(15)11-6-4-3-5-7-11/h3-7,10,12H,8-9,15H2,1-2H3,(H2,16,18). The third-order valence-corrected chi connectivity index (χ3v) is 2.89. The van der Waals surface area contributed by atoms with Crippen LogP contribution in [-0.4, -0.2) is 29.3 Å². The summed E-state index contributed by atoms with van der Waals surface area (Å²) in [7, 11) is 0. The molecule has 0 fully saturated rings. The van der Waals surface area contributed by atoms with Gasteiger partial charge in [0.15, 0.2) is 0 Å². The molecule has 1 aromatic carbocycles. The van der Waals surface area contributed by atoms with Crippen molar-refractivity contribution in [1.82, 2.24) is 4.90 Å². The summed E-state index contributed by atoms with van der Waals surface area (Å²) in [6, 6.07) is 8.96. The zero-order chi connectivity index (χ0) is 14.4. The predicted octanol–water partition coefficient (Wildman–Crippen LogP) is 0.799. The second-order valence-corrected chi connectivity index (χ2v) is 4.80. The molecule has 5 heteroatoms. The molecule has 0 radical (unpaired) electrons. The molecule has 4 N–H and O–H groups in total. The summed E-state index contributed by atoms with van der Waals surface area (Å²) in [6.07, 6.45) is 0.162. The molecule has 0 heterocycles. The largest absolute Gasteiger partial charge is 0.368 e. The Morgan fingerprint density at radius 1 is 1.21 bits per heavy atom. The van der Waals surface area contributed by atoms with Crippen LogP contribution in [0.3, 0.4) is 0 Å². The number of carbonyl (C=O) groups excluding carboxylic acids is 2. The lowest BCUT2D eigenvalue weighted by Gasteiger charge is -2.26. The summed E-state index contributed by atoms with van der Waals surface area (Å²) in [5.74, 6) is -0.680. The van der Waals surface area contributed by atoms with Gasteiger partial charge in [-0.2, -0.15) is 0 Å². The van der Waals surface area contributed by atoms with Crippen molar-refractivity contribution in [3.05, 3.63) is 35.9 Å². The van der Waals surface area contributed by atoms with Crippen molar-refractivity contribution in [2.75, 3.05) is 6.54 Å². The third-order valence-electron chi connectivity index (χ3n) is 2.89. The Hall–Kier alpha value is -1.88. The molecule has 1 rings (SSSR count). The molecule has 19 heavy (non-hydrogen) atoms. The maximum Gasteiger partial charge on any atom is 0.237 e. The molecule has 0 aromatic heterocycles. The topological polar surface area (TPSA) is 89.4 Å². The molecule has 0 saturated carbocycles. The molecule has 1 unspecified atom stereocenters. The molecule has 0 spiro atoms. The van der Waals surface area contributed by atoms with Crippen molar-refractivity contribution < 1.29 is 9.59 Å². The van der Waals surface area contributed by atoms with Gasteiger partial charge in [0, 0.05) is 18.5 Å². The normalized spacial score (nSPS) is 12.2. The minimum absolute atomic E-state index is 0.0714. The van der Waals surface area contributed by atoms with Crippen molar-refractivity contribution in [2.45, 2.75) is 32.4 Å². The Bertz CT molecular complexity index is 432. The van der Waals surface area contributed by atoms with Gasteiger partial charge < -0.3 is 16.4 Å². The molecule has 0 aliphatic carbocycles. The molecular formula is C14H21N3O2. The highest BCUT2D eigenvalue weighted by Gasteiger charge is 2.21. The van der Waals surface area contributed by atoms with E-state index in [0.29, 0.717) is 0 Å². The zero-order valence-electron chi connectivity index (χ0n) is 11.4. The van der Waals surface area contributed by atoms with Gasteiger partial charge in [-0.05, 0) is 19.4 Å². The minimum Gasteiger partial charge on any atom is -0.368 e. The predicted molar refractivity (Wildman–Crippen MR) is 74.0 cm³/mol. The van der Waals surface area contributed by atoms with Crippen LogP contribution >= 0.6 is 0 Å². The van der Waals surface area contributed by atoms with E-state index in [4.69, 9.17) is 11.5 Å². The number of amides is 2. The first kappa shape index (κ1) is 15.2. The SMILES string of the molecule is CC(C)N(CC(N)=O)C(=O)CC(N)c1ccccc1. The number of hydrogen-bond donors (Lipinski definition) is 2. The van der Waals surface area contributed by atoms with E-state index in [1.807, 2.05) is 44.2 Å². The fourth-order valence-electron chi connectivity index (χ4n) is 1.85. The number of hydrogen-bond acceptors (Lipinski definition) is 3. The van der Waals surface area contributed by atoms with Crippen molar-refractivity contribution in [2.24, 2.45) is 11.5 Å². The molecule has 2 amide bonds. The van der Waals surface area contributed by atoms with Crippen molar-refractivity contribution >= 4 is 11.8 Å². The van der Waals surface area contributed by atoms with E-state index in [9.17, 15) is 9.59 Å². The van der Waals surface area contributed by atoms with Gasteiger partial charge in [-0.15, -0.1) is 0 Å². The lowest BCUT2D eigenvalue weighted by Crippen LogP contribution is -2.43. The van der Waals surface area contributed by atoms with E-state index in [1.165, 1.54) is 4.90 Å². The Balaban J connectivity index is 2.69. The number of rotatable bonds is 6. The first-order chi connectivity index (χ1) is 8.91. The van der Waals surface area contributed by atoms with E-state index in [-0.39, 0.29) is 31.0 Å². The van der Waals surface area contributed by atoms with E-state index < -0.39 is 5.91 Å². The highest BCUT2D eigenvalue weighted by atomic mass is 16.2. The van der Waals surface area contributed by atoms with Gasteiger partial charge in [0.2, 0.25) is 11.8 Å². The monoisotopic (exact) mass is 263 g/mol. The molecule has 104 valence electrons. The maximum atomic E-state index is 12.1. The van der Waals surface area contributed by atoms with E-state index in [0.717, 1.165) is 5.56 Å². The molecule has 0 bridgehead atoms. The lowest BCUT2D eigenvalue weighted by molar-refractivity contribution is -0.137. The van der Waals surface area contributed by atoms with E-state index in [2.05, 4.69) is 0 Å². The van der Waals surface area contributed by atoms with Crippen LogP contribution in [0.25, 0.3) is 0 Å². The molecule has 0 aliphatic rings. The van der Waals surface area contributed by atoms with Gasteiger partial charge in [0.05, 0.1) is 6.54 Å². The highest BCUT2D eigenvalue weighted by Crippen LogP contribution is 2.15. The maximum absolute atomic E-state index is 12.1. The van der Waals surface area contributed by atoms with Crippen molar-refractivity contribution in [3.63, 3.8) is 0 Å². The van der Waals surface area contributed by atoms with Crippen LogP contribution in [0.1, 0.15) is 31.9 Å². The van der Waals surface area contributed by atoms with Crippen LogP contribution < -0.4 is 11.5 Å². The first-order valence-corrected chi connectivity index (χ1v) is 6.30. The Morgan fingerprint density at radius 3 is 2.26 bits per heavy atom. The second kappa shape index (κ2) is 6.89. The summed E-state index contributed by atoms with van der Waals surface area (Å²) >= 11 is 0. The number of primary amides is 1. The Kier molecular flexibility index (Phi) is 5.51. The zero-order valence-corrected chi connectivity index (χ0v) is 11.4. The van der Waals surface area contributed by atoms with Gasteiger partial charge in [-0.3, -0.25) is 9.59 Å². The quantitative estimate of drug-likeness (QED) is 0.795. The van der Waals surface area contributed by atoms with Crippen LogP contribution in [0.4, 0.5) is 0 Å². The summed E-state index contributed by atoms with van der Waals surface area (Å²) in [5, 5.41) is 0. The van der Waals surface area contributed by atoms with E-state index in [1.54, 1.807) is 0 Å². The molecule has 1 atom stereocenters. The summed E-state index contributed by atoms with van der Waals surface area (Å²) in [5.41, 5.74) is 12.0. The van der Waals surface area contributed by atoms with Gasteiger partial charge in [-0.25, -0.2) is 0 Å². The van der Waals surface area contributed by atoms with Gasteiger partial charge >= 0.3 is 0 Å². The van der Waals surface area contributed by atoms with Crippen LogP contribution in [0.2, 0.25) is 0 Å². The molecule has 0 saturated heterocycles. The minimum atomic E-state index is -0.518. The van der Waals surface area contributed by atoms with E-state index >= 15 is 0 Å². The number of carbonyl (C=O) groups is 2. The number of nitrogens with two attached hydrogens (primary N) is 2. The average molecular weight is 263 g/mol. The summed E-state index contributed by atoms with van der Waals surface area (Å²) in [6.45, 7) is 3.61. The van der Waals surface area contributed by atoms with Crippen LogP contribution in [0.15, 0.2) is 30.3 Å². The fraction of sp³-hybridized carbons (Fsp3) is 0.429. The molecule has 5 nitrogen and oxygen atoms in total. The van der Waals surface area contributed by atoms with Crippen LogP contribution in [-0.2, 0) is 9.59 Å². The fourth-order valence-corrected chi connectivity index (χ4v) is 1.85. The molecule has 1 aromatic rings. The summed E-state index contributed by atoms with van der Waals surface area (Å²) < 4.78 is 0. The summed E-state index contributed by atoms with van der Waals surface area (Å²) in [4.78, 5) is 24.6. The highest BCUT2D eigenvalue weighted by molar-refractivity contribution is 5.84. The number of nitrogens with zero attached hydrogens (tertiary/aromatic N) is 1.